The Hall–Kier alpha value is -1.52. The highest BCUT2D eigenvalue weighted by molar-refractivity contribution is 5.34. The van der Waals surface area contributed by atoms with Gasteiger partial charge in [-0.05, 0) is 25.0 Å². The molecule has 1 heterocycles. The fourth-order valence-electron chi connectivity index (χ4n) is 1.63. The van der Waals surface area contributed by atoms with Crippen LogP contribution in [0, 0.1) is 11.8 Å². The van der Waals surface area contributed by atoms with Gasteiger partial charge in [0.1, 0.15) is 6.10 Å². The van der Waals surface area contributed by atoms with Crippen molar-refractivity contribution >= 4 is 0 Å². The van der Waals surface area contributed by atoms with E-state index in [0.29, 0.717) is 0 Å². The van der Waals surface area contributed by atoms with Gasteiger partial charge in [0, 0.05) is 5.56 Å². The number of hydrogen-bond acceptors (Lipinski definition) is 1. The molecule has 0 aromatic heterocycles. The Kier molecular flexibility index (Phi) is 3.22. The van der Waals surface area contributed by atoms with Crippen molar-refractivity contribution < 1.29 is 4.74 Å². The van der Waals surface area contributed by atoms with E-state index in [0.717, 1.165) is 18.4 Å². The lowest BCUT2D eigenvalue weighted by Crippen LogP contribution is -2.05. The second kappa shape index (κ2) is 4.82. The van der Waals surface area contributed by atoms with E-state index in [9.17, 15) is 0 Å². The highest BCUT2D eigenvalue weighted by Gasteiger charge is 2.20. The van der Waals surface area contributed by atoms with Gasteiger partial charge in [0.05, 0.1) is 6.10 Å². The first kappa shape index (κ1) is 10.0. The molecule has 0 spiro atoms. The molecule has 0 amide bonds. The zero-order chi connectivity index (χ0) is 10.5. The molecule has 1 aromatic carbocycles. The second-order valence-corrected chi connectivity index (χ2v) is 3.61. The standard InChI is InChI=1S/C14H14O/c1-2-13-10-11-14(15-13)9-8-12-6-4-3-5-7-12/h2-7,13-14H,1,10-11H2/t13-,14?/m0/s1. The lowest BCUT2D eigenvalue weighted by atomic mass is 10.2. The third-order valence-electron chi connectivity index (χ3n) is 2.47. The molecule has 0 saturated carbocycles. The van der Waals surface area contributed by atoms with Crippen molar-refractivity contribution in [1.82, 2.24) is 0 Å². The molecule has 1 heteroatoms. The summed E-state index contributed by atoms with van der Waals surface area (Å²) < 4.78 is 5.64. The van der Waals surface area contributed by atoms with Gasteiger partial charge in [-0.25, -0.2) is 0 Å². The van der Waals surface area contributed by atoms with E-state index in [2.05, 4.69) is 18.4 Å². The molecule has 0 N–H and O–H groups in total. The molecule has 1 saturated heterocycles. The van der Waals surface area contributed by atoms with E-state index in [4.69, 9.17) is 4.74 Å². The molecule has 1 nitrogen and oxygen atoms in total. The van der Waals surface area contributed by atoms with Crippen LogP contribution < -0.4 is 0 Å². The number of hydrogen-bond donors (Lipinski definition) is 0. The van der Waals surface area contributed by atoms with E-state index in [1.807, 2.05) is 36.4 Å². The van der Waals surface area contributed by atoms with Crippen LogP contribution in [0.5, 0.6) is 0 Å². The zero-order valence-electron chi connectivity index (χ0n) is 8.65. The summed E-state index contributed by atoms with van der Waals surface area (Å²) in [6.07, 6.45) is 4.17. The highest BCUT2D eigenvalue weighted by Crippen LogP contribution is 2.19. The van der Waals surface area contributed by atoms with E-state index in [-0.39, 0.29) is 12.2 Å². The lowest BCUT2D eigenvalue weighted by Gasteiger charge is -2.03. The maximum atomic E-state index is 5.64. The Bertz CT molecular complexity index is 383. The average Bonchev–Trinajstić information content (AvgIpc) is 2.76. The smallest absolute Gasteiger partial charge is 0.119 e. The molecule has 1 aliphatic heterocycles. The summed E-state index contributed by atoms with van der Waals surface area (Å²) in [6, 6.07) is 9.99. The van der Waals surface area contributed by atoms with Gasteiger partial charge in [-0.2, -0.15) is 0 Å². The second-order valence-electron chi connectivity index (χ2n) is 3.61. The molecule has 1 aliphatic rings. The monoisotopic (exact) mass is 198 g/mol. The van der Waals surface area contributed by atoms with Crippen LogP contribution in [0.25, 0.3) is 0 Å². The molecule has 15 heavy (non-hydrogen) atoms. The van der Waals surface area contributed by atoms with E-state index in [1.165, 1.54) is 0 Å². The summed E-state index contributed by atoms with van der Waals surface area (Å²) >= 11 is 0. The van der Waals surface area contributed by atoms with E-state index >= 15 is 0 Å². The minimum absolute atomic E-state index is 0.0770. The third-order valence-corrected chi connectivity index (χ3v) is 2.47. The van der Waals surface area contributed by atoms with Crippen molar-refractivity contribution in [3.63, 3.8) is 0 Å². The molecule has 0 aliphatic carbocycles. The molecular weight excluding hydrogens is 184 g/mol. The summed E-state index contributed by atoms with van der Waals surface area (Å²) in [5, 5.41) is 0. The topological polar surface area (TPSA) is 9.23 Å². The first-order valence-corrected chi connectivity index (χ1v) is 5.23. The van der Waals surface area contributed by atoms with Crippen molar-refractivity contribution in [3.8, 4) is 11.8 Å². The number of rotatable bonds is 1. The van der Waals surface area contributed by atoms with Crippen LogP contribution in [0.15, 0.2) is 43.0 Å². The molecule has 2 rings (SSSR count). The minimum atomic E-state index is 0.0770. The van der Waals surface area contributed by atoms with Crippen molar-refractivity contribution in [2.24, 2.45) is 0 Å². The van der Waals surface area contributed by atoms with Gasteiger partial charge in [0.15, 0.2) is 0 Å². The molecule has 2 atom stereocenters. The quantitative estimate of drug-likeness (QED) is 0.498. The van der Waals surface area contributed by atoms with Crippen LogP contribution >= 0.6 is 0 Å². The molecule has 1 unspecified atom stereocenters. The van der Waals surface area contributed by atoms with Crippen LogP contribution in [0.4, 0.5) is 0 Å². The Morgan fingerprint density at radius 2 is 2.07 bits per heavy atom. The van der Waals surface area contributed by atoms with Gasteiger partial charge in [-0.3, -0.25) is 0 Å². The molecule has 1 fully saturated rings. The van der Waals surface area contributed by atoms with Gasteiger partial charge in [0.2, 0.25) is 0 Å². The first-order valence-electron chi connectivity index (χ1n) is 5.23. The third kappa shape index (κ3) is 2.71. The summed E-state index contributed by atoms with van der Waals surface area (Å²) in [5.41, 5.74) is 1.04. The van der Waals surface area contributed by atoms with Crippen molar-refractivity contribution in [3.05, 3.63) is 48.6 Å². The van der Waals surface area contributed by atoms with Gasteiger partial charge in [-0.1, -0.05) is 36.1 Å². The Morgan fingerprint density at radius 1 is 1.27 bits per heavy atom. The van der Waals surface area contributed by atoms with Crippen LogP contribution in [-0.4, -0.2) is 12.2 Å². The molecule has 0 bridgehead atoms. The number of benzene rings is 1. The maximum absolute atomic E-state index is 5.64. The summed E-state index contributed by atoms with van der Waals surface area (Å²) in [5.74, 6) is 6.26. The Labute approximate surface area is 90.8 Å². The molecule has 1 aromatic rings. The largest absolute Gasteiger partial charge is 0.358 e. The van der Waals surface area contributed by atoms with Gasteiger partial charge in [0.25, 0.3) is 0 Å². The van der Waals surface area contributed by atoms with Crippen molar-refractivity contribution in [2.45, 2.75) is 25.0 Å². The average molecular weight is 198 g/mol. The van der Waals surface area contributed by atoms with Gasteiger partial charge >= 0.3 is 0 Å². The normalized spacial score (nSPS) is 24.3. The summed E-state index contributed by atoms with van der Waals surface area (Å²) in [6.45, 7) is 3.72. The molecule has 0 radical (unpaired) electrons. The van der Waals surface area contributed by atoms with Gasteiger partial charge in [-0.15, -0.1) is 6.58 Å². The van der Waals surface area contributed by atoms with Crippen LogP contribution in [-0.2, 0) is 4.74 Å². The van der Waals surface area contributed by atoms with Crippen LogP contribution in [0.2, 0.25) is 0 Å². The lowest BCUT2D eigenvalue weighted by molar-refractivity contribution is 0.106. The molecule has 76 valence electrons. The van der Waals surface area contributed by atoms with Crippen molar-refractivity contribution in [1.29, 1.82) is 0 Å². The zero-order valence-corrected chi connectivity index (χ0v) is 8.65. The highest BCUT2D eigenvalue weighted by atomic mass is 16.5. The first-order chi connectivity index (χ1) is 7.38. The van der Waals surface area contributed by atoms with Crippen LogP contribution in [0.1, 0.15) is 18.4 Å². The van der Waals surface area contributed by atoms with E-state index < -0.39 is 0 Å². The van der Waals surface area contributed by atoms with Gasteiger partial charge < -0.3 is 4.74 Å². The fourth-order valence-corrected chi connectivity index (χ4v) is 1.63. The summed E-state index contributed by atoms with van der Waals surface area (Å²) in [4.78, 5) is 0. The molecular formula is C14H14O. The predicted molar refractivity (Wildman–Crippen MR) is 61.4 cm³/mol. The maximum Gasteiger partial charge on any atom is 0.119 e. The van der Waals surface area contributed by atoms with E-state index in [1.54, 1.807) is 0 Å². The fraction of sp³-hybridized carbons (Fsp3) is 0.286. The van der Waals surface area contributed by atoms with Crippen molar-refractivity contribution in [2.75, 3.05) is 0 Å². The Morgan fingerprint density at radius 3 is 2.73 bits per heavy atom. The minimum Gasteiger partial charge on any atom is -0.358 e. The number of ether oxygens (including phenoxy) is 1. The predicted octanol–water partition coefficient (Wildman–Crippen LogP) is 2.77. The van der Waals surface area contributed by atoms with Crippen LogP contribution in [0.3, 0.4) is 0 Å². The summed E-state index contributed by atoms with van der Waals surface area (Å²) in [7, 11) is 0. The SMILES string of the molecule is C=C[C@H]1CCC(C#Cc2ccccc2)O1. The Balaban J connectivity index is 1.98.